The number of nitrogens with zero attached hydrogens (tertiary/aromatic N) is 3. The van der Waals surface area contributed by atoms with Crippen molar-refractivity contribution in [1.29, 1.82) is 0 Å². The fourth-order valence-electron chi connectivity index (χ4n) is 2.07. The van der Waals surface area contributed by atoms with Gasteiger partial charge in [-0.25, -0.2) is 19.7 Å². The fourth-order valence-corrected chi connectivity index (χ4v) is 2.20. The molecule has 0 unspecified atom stereocenters. The highest BCUT2D eigenvalue weighted by Crippen LogP contribution is 2.18. The van der Waals surface area contributed by atoms with Crippen molar-refractivity contribution in [2.45, 2.75) is 19.4 Å². The topological polar surface area (TPSA) is 133 Å². The lowest BCUT2D eigenvalue weighted by molar-refractivity contribution is 0.0457. The standard InChI is InChI=1S/C13H13ClN6O2/c14-10-12(16)20-11(15)9(19-10)13(21)22-5-8-17-6-3-1-2-4-7(6)18-8/h3-4H,1-2,5H2,(H,17,18)(H4,15,16,20). The number of nitrogens with one attached hydrogen (secondary N) is 1. The number of ether oxygens (including phenoxy) is 1. The molecule has 3 rings (SSSR count). The van der Waals surface area contributed by atoms with Crippen molar-refractivity contribution in [1.82, 2.24) is 19.9 Å². The van der Waals surface area contributed by atoms with Gasteiger partial charge in [-0.15, -0.1) is 0 Å². The molecule has 5 N–H and O–H groups in total. The summed E-state index contributed by atoms with van der Waals surface area (Å²) in [4.78, 5) is 26.9. The van der Waals surface area contributed by atoms with E-state index in [9.17, 15) is 4.79 Å². The molecule has 0 spiro atoms. The van der Waals surface area contributed by atoms with Gasteiger partial charge in [0.15, 0.2) is 22.5 Å². The molecule has 0 atom stereocenters. The molecule has 1 aliphatic rings. The Labute approximate surface area is 129 Å². The summed E-state index contributed by atoms with van der Waals surface area (Å²) in [6.07, 6.45) is 5.99. The Morgan fingerprint density at radius 1 is 1.23 bits per heavy atom. The maximum absolute atomic E-state index is 12.0. The Morgan fingerprint density at radius 2 is 2.00 bits per heavy atom. The van der Waals surface area contributed by atoms with E-state index < -0.39 is 5.97 Å². The number of anilines is 2. The Balaban J connectivity index is 1.76. The number of aromatic nitrogens is 4. The maximum atomic E-state index is 12.0. The third kappa shape index (κ3) is 2.73. The van der Waals surface area contributed by atoms with Crippen LogP contribution in [-0.4, -0.2) is 25.9 Å². The molecule has 1 aliphatic carbocycles. The third-order valence-electron chi connectivity index (χ3n) is 3.10. The average Bonchev–Trinajstić information content (AvgIpc) is 2.91. The van der Waals surface area contributed by atoms with Crippen LogP contribution in [0.15, 0.2) is 0 Å². The second kappa shape index (κ2) is 5.64. The second-order valence-electron chi connectivity index (χ2n) is 4.68. The lowest BCUT2D eigenvalue weighted by Gasteiger charge is -2.06. The zero-order chi connectivity index (χ0) is 15.7. The van der Waals surface area contributed by atoms with Gasteiger partial charge in [-0.2, -0.15) is 0 Å². The number of carbonyl (C=O) groups excluding carboxylic acids is 1. The van der Waals surface area contributed by atoms with Crippen LogP contribution in [0, 0.1) is 0 Å². The number of carbonyl (C=O) groups is 1. The van der Waals surface area contributed by atoms with E-state index in [1.165, 1.54) is 0 Å². The zero-order valence-corrected chi connectivity index (χ0v) is 12.2. The second-order valence-corrected chi connectivity index (χ2v) is 5.04. The molecule has 22 heavy (non-hydrogen) atoms. The molecule has 114 valence electrons. The Morgan fingerprint density at radius 3 is 2.77 bits per heavy atom. The predicted molar refractivity (Wildman–Crippen MR) is 81.0 cm³/mol. The van der Waals surface area contributed by atoms with E-state index in [1.54, 1.807) is 0 Å². The summed E-state index contributed by atoms with van der Waals surface area (Å²) in [7, 11) is 0. The van der Waals surface area contributed by atoms with Gasteiger partial charge in [-0.3, -0.25) is 0 Å². The molecular weight excluding hydrogens is 308 g/mol. The van der Waals surface area contributed by atoms with Crippen molar-refractivity contribution in [2.24, 2.45) is 0 Å². The van der Waals surface area contributed by atoms with Crippen LogP contribution in [0.25, 0.3) is 12.2 Å². The van der Waals surface area contributed by atoms with Crippen LogP contribution in [0.1, 0.15) is 29.2 Å². The van der Waals surface area contributed by atoms with Crippen LogP contribution in [0.2, 0.25) is 5.15 Å². The smallest absolute Gasteiger partial charge is 0.361 e. The first kappa shape index (κ1) is 14.3. The summed E-state index contributed by atoms with van der Waals surface area (Å²) >= 11 is 5.73. The number of H-pyrrole nitrogens is 1. The normalized spacial score (nSPS) is 13.0. The van der Waals surface area contributed by atoms with Gasteiger partial charge in [0.05, 0.1) is 10.7 Å². The first-order chi connectivity index (χ1) is 10.5. The quantitative estimate of drug-likeness (QED) is 0.663. The van der Waals surface area contributed by atoms with E-state index in [-0.39, 0.29) is 29.1 Å². The minimum atomic E-state index is -0.741. The monoisotopic (exact) mass is 320 g/mol. The largest absolute Gasteiger partial charge is 0.453 e. The van der Waals surface area contributed by atoms with Gasteiger partial charge >= 0.3 is 5.97 Å². The van der Waals surface area contributed by atoms with Gasteiger partial charge in [0.2, 0.25) is 0 Å². The summed E-state index contributed by atoms with van der Waals surface area (Å²) < 4.78 is 5.13. The number of nitrogen functional groups attached to an aromatic ring is 2. The molecule has 2 aromatic rings. The van der Waals surface area contributed by atoms with E-state index in [0.29, 0.717) is 5.82 Å². The number of imidazole rings is 1. The summed E-state index contributed by atoms with van der Waals surface area (Å²) in [6, 6.07) is 0. The van der Waals surface area contributed by atoms with Crippen LogP contribution < -0.4 is 22.2 Å². The van der Waals surface area contributed by atoms with Crippen LogP contribution >= 0.6 is 11.6 Å². The minimum Gasteiger partial charge on any atom is -0.453 e. The number of esters is 1. The van der Waals surface area contributed by atoms with Crippen molar-refractivity contribution < 1.29 is 9.53 Å². The van der Waals surface area contributed by atoms with E-state index in [4.69, 9.17) is 27.8 Å². The van der Waals surface area contributed by atoms with Crippen molar-refractivity contribution in [3.8, 4) is 0 Å². The van der Waals surface area contributed by atoms with Gasteiger partial charge in [-0.1, -0.05) is 23.8 Å². The Kier molecular flexibility index (Phi) is 3.68. The fraction of sp³-hybridized carbons (Fsp3) is 0.231. The lowest BCUT2D eigenvalue weighted by atomic mass is 10.2. The van der Waals surface area contributed by atoms with Gasteiger partial charge in [-0.05, 0) is 12.8 Å². The molecule has 8 nitrogen and oxygen atoms in total. The lowest BCUT2D eigenvalue weighted by Crippen LogP contribution is -2.26. The number of rotatable bonds is 3. The number of nitrogens with two attached hydrogens (primary N) is 2. The number of aromatic amines is 1. The van der Waals surface area contributed by atoms with Crippen LogP contribution in [-0.2, 0) is 11.3 Å². The molecule has 0 amide bonds. The predicted octanol–water partition coefficient (Wildman–Crippen LogP) is -0.271. The summed E-state index contributed by atoms with van der Waals surface area (Å²) in [6.45, 7) is -0.0311. The van der Waals surface area contributed by atoms with Crippen molar-refractivity contribution in [3.05, 3.63) is 27.4 Å². The molecule has 2 heterocycles. The molecule has 0 aromatic carbocycles. The van der Waals surface area contributed by atoms with Crippen LogP contribution in [0.4, 0.5) is 11.6 Å². The van der Waals surface area contributed by atoms with Crippen molar-refractivity contribution >= 4 is 41.4 Å². The van der Waals surface area contributed by atoms with Crippen molar-refractivity contribution in [2.75, 3.05) is 11.5 Å². The highest BCUT2D eigenvalue weighted by Gasteiger charge is 2.18. The number of halogens is 1. The molecular formula is C13H13ClN6O2. The highest BCUT2D eigenvalue weighted by atomic mass is 35.5. The Bertz CT molecular complexity index is 827. The molecule has 0 saturated carbocycles. The van der Waals surface area contributed by atoms with E-state index in [2.05, 4.69) is 26.0 Å². The van der Waals surface area contributed by atoms with Gasteiger partial charge in [0.1, 0.15) is 12.4 Å². The molecule has 0 fully saturated rings. The first-order valence-corrected chi connectivity index (χ1v) is 6.93. The molecule has 0 aliphatic heterocycles. The number of hydrogen-bond acceptors (Lipinski definition) is 7. The van der Waals surface area contributed by atoms with Crippen LogP contribution in [0.5, 0.6) is 0 Å². The van der Waals surface area contributed by atoms with Gasteiger partial charge in [0.25, 0.3) is 0 Å². The molecule has 0 bridgehead atoms. The SMILES string of the molecule is Nc1nc(N)c(C(=O)OCc2nc3c([nH]2)=CCCC=3)nc1Cl. The third-order valence-corrected chi connectivity index (χ3v) is 3.38. The van der Waals surface area contributed by atoms with Gasteiger partial charge in [0, 0.05) is 0 Å². The summed E-state index contributed by atoms with van der Waals surface area (Å²) in [5.74, 6) is -0.372. The first-order valence-electron chi connectivity index (χ1n) is 6.55. The van der Waals surface area contributed by atoms with E-state index >= 15 is 0 Å². The summed E-state index contributed by atoms with van der Waals surface area (Å²) in [5.41, 5.74) is 10.9. The maximum Gasteiger partial charge on any atom is 0.361 e. The van der Waals surface area contributed by atoms with Crippen molar-refractivity contribution in [3.63, 3.8) is 0 Å². The Hall–Kier alpha value is -2.61. The van der Waals surface area contributed by atoms with Crippen LogP contribution in [0.3, 0.4) is 0 Å². The van der Waals surface area contributed by atoms with E-state index in [1.807, 2.05) is 6.08 Å². The molecule has 9 heteroatoms. The zero-order valence-electron chi connectivity index (χ0n) is 11.5. The highest BCUT2D eigenvalue weighted by molar-refractivity contribution is 6.31. The summed E-state index contributed by atoms with van der Waals surface area (Å²) in [5, 5.41) is 1.71. The number of hydrogen-bond donors (Lipinski definition) is 3. The molecule has 0 saturated heterocycles. The molecule has 0 radical (unpaired) electrons. The minimum absolute atomic E-state index is 0.0311. The average molecular weight is 321 g/mol. The van der Waals surface area contributed by atoms with E-state index in [0.717, 1.165) is 23.5 Å². The number of fused-ring (bicyclic) bond motifs is 1. The van der Waals surface area contributed by atoms with Gasteiger partial charge < -0.3 is 21.2 Å². The molecule has 2 aromatic heterocycles.